The van der Waals surface area contributed by atoms with Crippen molar-refractivity contribution in [1.82, 2.24) is 9.47 Å². The lowest BCUT2D eigenvalue weighted by atomic mass is 10.0. The van der Waals surface area contributed by atoms with Crippen LogP contribution in [0.2, 0.25) is 0 Å². The first-order chi connectivity index (χ1) is 7.97. The van der Waals surface area contributed by atoms with Crippen molar-refractivity contribution in [2.45, 2.75) is 6.92 Å². The van der Waals surface area contributed by atoms with Gasteiger partial charge < -0.3 is 14.8 Å². The van der Waals surface area contributed by atoms with Gasteiger partial charge in [-0.1, -0.05) is 6.92 Å². The standard InChI is InChI=1S/C11H14BrN3O2/c1-7-4-15(5-7)11(17)13-9-3-8(12)6-14(2)10(9)16/h3,6-7H,4-5H2,1-2H3,(H,13,17). The molecule has 2 heterocycles. The molecular weight excluding hydrogens is 286 g/mol. The molecule has 0 spiro atoms. The van der Waals surface area contributed by atoms with E-state index < -0.39 is 0 Å². The maximum absolute atomic E-state index is 11.8. The number of amides is 2. The van der Waals surface area contributed by atoms with Crippen molar-refractivity contribution < 1.29 is 4.79 Å². The zero-order chi connectivity index (χ0) is 12.6. The van der Waals surface area contributed by atoms with Crippen molar-refractivity contribution in [3.8, 4) is 0 Å². The molecule has 1 N–H and O–H groups in total. The van der Waals surface area contributed by atoms with Gasteiger partial charge in [-0.3, -0.25) is 4.79 Å². The van der Waals surface area contributed by atoms with E-state index in [1.54, 1.807) is 24.2 Å². The van der Waals surface area contributed by atoms with Crippen LogP contribution in [0.15, 0.2) is 21.5 Å². The Morgan fingerprint density at radius 2 is 2.18 bits per heavy atom. The number of aryl methyl sites for hydroxylation is 1. The van der Waals surface area contributed by atoms with Gasteiger partial charge in [0.05, 0.1) is 0 Å². The van der Waals surface area contributed by atoms with Gasteiger partial charge in [0.15, 0.2) is 0 Å². The number of hydrogen-bond donors (Lipinski definition) is 1. The molecule has 92 valence electrons. The van der Waals surface area contributed by atoms with Crippen LogP contribution in [0, 0.1) is 5.92 Å². The number of anilines is 1. The van der Waals surface area contributed by atoms with E-state index in [0.29, 0.717) is 11.6 Å². The normalized spacial score (nSPS) is 15.6. The van der Waals surface area contributed by atoms with Crippen LogP contribution < -0.4 is 10.9 Å². The number of nitrogens with one attached hydrogen (secondary N) is 1. The summed E-state index contributed by atoms with van der Waals surface area (Å²) in [6.07, 6.45) is 1.66. The summed E-state index contributed by atoms with van der Waals surface area (Å²) in [5.74, 6) is 0.547. The SMILES string of the molecule is CC1CN(C(=O)Nc2cc(Br)cn(C)c2=O)C1. The second kappa shape index (κ2) is 4.52. The quantitative estimate of drug-likeness (QED) is 0.857. The van der Waals surface area contributed by atoms with Crippen LogP contribution in [0.1, 0.15) is 6.92 Å². The molecule has 6 heteroatoms. The van der Waals surface area contributed by atoms with Gasteiger partial charge in [0.1, 0.15) is 5.69 Å². The molecule has 1 aliphatic heterocycles. The molecule has 0 aromatic carbocycles. The molecule has 1 aromatic rings. The Kier molecular flexibility index (Phi) is 3.24. The van der Waals surface area contributed by atoms with Gasteiger partial charge in [-0.15, -0.1) is 0 Å². The molecule has 1 aliphatic rings. The minimum absolute atomic E-state index is 0.210. The Morgan fingerprint density at radius 3 is 2.76 bits per heavy atom. The fourth-order valence-corrected chi connectivity index (χ4v) is 2.36. The molecule has 2 amide bonds. The van der Waals surface area contributed by atoms with Gasteiger partial charge in [0.25, 0.3) is 5.56 Å². The molecular formula is C11H14BrN3O2. The van der Waals surface area contributed by atoms with Crippen LogP contribution in [0.25, 0.3) is 0 Å². The van der Waals surface area contributed by atoms with Gasteiger partial charge in [-0.2, -0.15) is 0 Å². The number of halogens is 1. The molecule has 0 radical (unpaired) electrons. The Balaban J connectivity index is 2.13. The minimum Gasteiger partial charge on any atom is -0.324 e. The first-order valence-corrected chi connectivity index (χ1v) is 6.19. The summed E-state index contributed by atoms with van der Waals surface area (Å²) < 4.78 is 2.19. The highest BCUT2D eigenvalue weighted by Gasteiger charge is 2.27. The zero-order valence-electron chi connectivity index (χ0n) is 9.74. The fourth-order valence-electron chi connectivity index (χ4n) is 1.82. The summed E-state index contributed by atoms with van der Waals surface area (Å²) in [6.45, 7) is 3.59. The lowest BCUT2D eigenvalue weighted by Crippen LogP contribution is -2.50. The van der Waals surface area contributed by atoms with E-state index in [1.165, 1.54) is 4.57 Å². The molecule has 1 fully saturated rings. The topological polar surface area (TPSA) is 54.3 Å². The first kappa shape index (κ1) is 12.2. The highest BCUT2D eigenvalue weighted by atomic mass is 79.9. The predicted molar refractivity (Wildman–Crippen MR) is 69.1 cm³/mol. The number of pyridine rings is 1. The molecule has 1 saturated heterocycles. The Labute approximate surface area is 108 Å². The van der Waals surface area contributed by atoms with Crippen LogP contribution in [0.4, 0.5) is 10.5 Å². The monoisotopic (exact) mass is 299 g/mol. The molecule has 0 bridgehead atoms. The highest BCUT2D eigenvalue weighted by molar-refractivity contribution is 9.10. The number of carbonyl (C=O) groups excluding carboxylic acids is 1. The summed E-state index contributed by atoms with van der Waals surface area (Å²) in [5, 5.41) is 2.64. The Morgan fingerprint density at radius 1 is 1.53 bits per heavy atom. The molecule has 0 saturated carbocycles. The number of aromatic nitrogens is 1. The van der Waals surface area contributed by atoms with Crippen molar-refractivity contribution in [2.75, 3.05) is 18.4 Å². The number of hydrogen-bond acceptors (Lipinski definition) is 2. The second-order valence-electron chi connectivity index (χ2n) is 4.43. The average Bonchev–Trinajstić information content (AvgIpc) is 2.20. The largest absolute Gasteiger partial charge is 0.324 e. The number of likely N-dealkylation sites (tertiary alicyclic amines) is 1. The predicted octanol–water partition coefficient (Wildman–Crippen LogP) is 1.63. The molecule has 1 aromatic heterocycles. The summed E-state index contributed by atoms with van der Waals surface area (Å²) in [5.41, 5.74) is 0.0848. The van der Waals surface area contributed by atoms with Gasteiger partial charge in [0.2, 0.25) is 0 Å². The molecule has 0 unspecified atom stereocenters. The van der Waals surface area contributed by atoms with Crippen LogP contribution in [0.5, 0.6) is 0 Å². The van der Waals surface area contributed by atoms with E-state index in [2.05, 4.69) is 28.2 Å². The third-order valence-corrected chi connectivity index (χ3v) is 3.18. The molecule has 2 rings (SSSR count). The van der Waals surface area contributed by atoms with E-state index in [4.69, 9.17) is 0 Å². The van der Waals surface area contributed by atoms with Crippen molar-refractivity contribution >= 4 is 27.6 Å². The lowest BCUT2D eigenvalue weighted by Gasteiger charge is -2.36. The van der Waals surface area contributed by atoms with E-state index >= 15 is 0 Å². The van der Waals surface area contributed by atoms with E-state index in [9.17, 15) is 9.59 Å². The van der Waals surface area contributed by atoms with Crippen molar-refractivity contribution in [2.24, 2.45) is 13.0 Å². The maximum Gasteiger partial charge on any atom is 0.322 e. The lowest BCUT2D eigenvalue weighted by molar-refractivity contribution is 0.140. The van der Waals surface area contributed by atoms with Crippen LogP contribution in [0.3, 0.4) is 0 Å². The summed E-state index contributed by atoms with van der Waals surface area (Å²) >= 11 is 3.29. The van der Waals surface area contributed by atoms with Crippen molar-refractivity contribution in [1.29, 1.82) is 0 Å². The number of urea groups is 1. The number of nitrogens with zero attached hydrogens (tertiary/aromatic N) is 2. The van der Waals surface area contributed by atoms with Crippen molar-refractivity contribution in [3.63, 3.8) is 0 Å². The van der Waals surface area contributed by atoms with Crippen LogP contribution >= 0.6 is 15.9 Å². The molecule has 5 nitrogen and oxygen atoms in total. The maximum atomic E-state index is 11.8. The number of rotatable bonds is 1. The average molecular weight is 300 g/mol. The summed E-state index contributed by atoms with van der Waals surface area (Å²) in [6, 6.07) is 1.40. The van der Waals surface area contributed by atoms with Gasteiger partial charge >= 0.3 is 6.03 Å². The third-order valence-electron chi connectivity index (χ3n) is 2.74. The van der Waals surface area contributed by atoms with Crippen molar-refractivity contribution in [3.05, 3.63) is 27.1 Å². The van der Waals surface area contributed by atoms with Gasteiger partial charge in [0, 0.05) is 30.8 Å². The zero-order valence-corrected chi connectivity index (χ0v) is 11.3. The van der Waals surface area contributed by atoms with Gasteiger partial charge in [-0.05, 0) is 27.9 Å². The molecule has 17 heavy (non-hydrogen) atoms. The Hall–Kier alpha value is -1.30. The number of carbonyl (C=O) groups is 1. The molecule has 0 aliphatic carbocycles. The van der Waals surface area contributed by atoms with Crippen LogP contribution in [-0.2, 0) is 7.05 Å². The summed E-state index contributed by atoms with van der Waals surface area (Å²) in [4.78, 5) is 25.2. The minimum atomic E-state index is -0.213. The summed E-state index contributed by atoms with van der Waals surface area (Å²) in [7, 11) is 1.65. The van der Waals surface area contributed by atoms with E-state index in [-0.39, 0.29) is 11.6 Å². The van der Waals surface area contributed by atoms with Gasteiger partial charge in [-0.25, -0.2) is 4.79 Å². The van der Waals surface area contributed by atoms with Crippen LogP contribution in [-0.4, -0.2) is 28.6 Å². The Bertz CT molecular complexity index is 506. The smallest absolute Gasteiger partial charge is 0.322 e. The first-order valence-electron chi connectivity index (χ1n) is 5.39. The van der Waals surface area contributed by atoms with E-state index in [0.717, 1.165) is 17.6 Å². The third kappa shape index (κ3) is 2.52. The molecule has 0 atom stereocenters. The highest BCUT2D eigenvalue weighted by Crippen LogP contribution is 2.16. The fraction of sp³-hybridized carbons (Fsp3) is 0.455. The second-order valence-corrected chi connectivity index (χ2v) is 5.34. The van der Waals surface area contributed by atoms with E-state index in [1.807, 2.05) is 0 Å².